The lowest BCUT2D eigenvalue weighted by atomic mass is 9.99. The van der Waals surface area contributed by atoms with Crippen molar-refractivity contribution in [2.45, 2.75) is 205 Å². The Labute approximate surface area is 321 Å². The molecule has 0 bridgehead atoms. The van der Waals surface area contributed by atoms with Crippen molar-refractivity contribution in [1.29, 1.82) is 0 Å². The molecule has 0 saturated carbocycles. The third-order valence-corrected chi connectivity index (χ3v) is 9.54. The Kier molecular flexibility index (Phi) is 31.8. The Morgan fingerprint density at radius 2 is 1.11 bits per heavy atom. The monoisotopic (exact) mass is 753 g/mol. The first kappa shape index (κ1) is 48.9. The lowest BCUT2D eigenvalue weighted by Crippen LogP contribution is -2.59. The number of allylic oxidation sites excluding steroid dienone is 6. The highest BCUT2D eigenvalue weighted by Gasteiger charge is 2.44. The van der Waals surface area contributed by atoms with Crippen molar-refractivity contribution >= 4 is 11.9 Å². The zero-order chi connectivity index (χ0) is 38.8. The SMILES string of the molecule is CC/C=C\C/C=C\C/C=C\CCCCCC(=O)OC(COC(=O)CCCCCCCCCCCCCCCCC)COC1OC(CO)C(O)C(O)C1O. The third kappa shape index (κ3) is 26.4. The Bertz CT molecular complexity index is 965. The van der Waals surface area contributed by atoms with Crippen molar-refractivity contribution < 1.29 is 49.0 Å². The van der Waals surface area contributed by atoms with Gasteiger partial charge in [-0.05, 0) is 44.9 Å². The van der Waals surface area contributed by atoms with E-state index in [1.54, 1.807) is 0 Å². The Morgan fingerprint density at radius 3 is 1.68 bits per heavy atom. The van der Waals surface area contributed by atoms with Crippen molar-refractivity contribution in [1.82, 2.24) is 0 Å². The molecule has 1 rings (SSSR count). The number of rotatable bonds is 34. The van der Waals surface area contributed by atoms with E-state index < -0.39 is 49.4 Å². The van der Waals surface area contributed by atoms with E-state index in [9.17, 15) is 30.0 Å². The van der Waals surface area contributed by atoms with Crippen LogP contribution in [0, 0.1) is 0 Å². The number of aliphatic hydroxyl groups excluding tert-OH is 4. The van der Waals surface area contributed by atoms with Gasteiger partial charge in [0.25, 0.3) is 0 Å². The van der Waals surface area contributed by atoms with Crippen LogP contribution in [0.1, 0.15) is 168 Å². The van der Waals surface area contributed by atoms with Crippen LogP contribution in [0.3, 0.4) is 0 Å². The maximum atomic E-state index is 12.7. The summed E-state index contributed by atoms with van der Waals surface area (Å²) in [6, 6.07) is 0. The van der Waals surface area contributed by atoms with Crippen LogP contribution in [0.5, 0.6) is 0 Å². The fourth-order valence-corrected chi connectivity index (χ4v) is 6.20. The van der Waals surface area contributed by atoms with Crippen LogP contribution < -0.4 is 0 Å². The van der Waals surface area contributed by atoms with Crippen LogP contribution in [0.25, 0.3) is 0 Å². The van der Waals surface area contributed by atoms with Gasteiger partial charge < -0.3 is 39.4 Å². The van der Waals surface area contributed by atoms with Gasteiger partial charge in [0.2, 0.25) is 0 Å². The molecular weight excluding hydrogens is 676 g/mol. The van der Waals surface area contributed by atoms with Gasteiger partial charge >= 0.3 is 11.9 Å². The van der Waals surface area contributed by atoms with E-state index in [1.165, 1.54) is 77.0 Å². The number of esters is 2. The van der Waals surface area contributed by atoms with E-state index in [-0.39, 0.29) is 32.0 Å². The highest BCUT2D eigenvalue weighted by molar-refractivity contribution is 5.70. The summed E-state index contributed by atoms with van der Waals surface area (Å²) >= 11 is 0. The Hall–Kier alpha value is -2.08. The van der Waals surface area contributed by atoms with Crippen LogP contribution in [-0.2, 0) is 28.5 Å². The van der Waals surface area contributed by atoms with E-state index in [2.05, 4.69) is 50.3 Å². The number of carbonyl (C=O) groups excluding carboxylic acids is 2. The summed E-state index contributed by atoms with van der Waals surface area (Å²) in [5.74, 6) is -0.839. The average Bonchev–Trinajstić information content (AvgIpc) is 3.15. The Morgan fingerprint density at radius 1 is 0.604 bits per heavy atom. The van der Waals surface area contributed by atoms with Crippen LogP contribution in [-0.4, -0.2) is 89.0 Å². The fourth-order valence-electron chi connectivity index (χ4n) is 6.20. The zero-order valence-electron chi connectivity index (χ0n) is 33.3. The van der Waals surface area contributed by atoms with Gasteiger partial charge in [0.1, 0.15) is 31.0 Å². The molecule has 1 aliphatic heterocycles. The fraction of sp³-hybridized carbons (Fsp3) is 0.814. The van der Waals surface area contributed by atoms with Crippen molar-refractivity contribution in [2.75, 3.05) is 19.8 Å². The summed E-state index contributed by atoms with van der Waals surface area (Å²) in [4.78, 5) is 25.2. The topological polar surface area (TPSA) is 152 Å². The third-order valence-electron chi connectivity index (χ3n) is 9.54. The first-order valence-electron chi connectivity index (χ1n) is 21.1. The minimum Gasteiger partial charge on any atom is -0.462 e. The lowest BCUT2D eigenvalue weighted by molar-refractivity contribution is -0.305. The van der Waals surface area contributed by atoms with E-state index in [0.29, 0.717) is 6.42 Å². The van der Waals surface area contributed by atoms with Gasteiger partial charge in [-0.25, -0.2) is 0 Å². The second-order valence-electron chi connectivity index (χ2n) is 14.4. The predicted molar refractivity (Wildman–Crippen MR) is 210 cm³/mol. The smallest absolute Gasteiger partial charge is 0.306 e. The summed E-state index contributed by atoms with van der Waals surface area (Å²) in [6.07, 6.45) is 30.1. The molecule has 1 aliphatic rings. The number of hydrogen-bond donors (Lipinski definition) is 4. The highest BCUT2D eigenvalue weighted by Crippen LogP contribution is 2.22. The van der Waals surface area contributed by atoms with Crippen LogP contribution in [0.15, 0.2) is 36.5 Å². The van der Waals surface area contributed by atoms with Gasteiger partial charge in [0.15, 0.2) is 12.4 Å². The molecule has 53 heavy (non-hydrogen) atoms. The van der Waals surface area contributed by atoms with Gasteiger partial charge in [0.05, 0.1) is 13.2 Å². The van der Waals surface area contributed by atoms with E-state index >= 15 is 0 Å². The van der Waals surface area contributed by atoms with Crippen LogP contribution in [0.2, 0.25) is 0 Å². The summed E-state index contributed by atoms with van der Waals surface area (Å²) in [7, 11) is 0. The average molecular weight is 753 g/mol. The summed E-state index contributed by atoms with van der Waals surface area (Å²) in [5, 5.41) is 40.0. The molecule has 0 aromatic rings. The number of hydrogen-bond acceptors (Lipinski definition) is 10. The van der Waals surface area contributed by atoms with Crippen molar-refractivity contribution in [2.24, 2.45) is 0 Å². The van der Waals surface area contributed by atoms with E-state index in [1.807, 2.05) is 0 Å². The molecular formula is C43H76O10. The van der Waals surface area contributed by atoms with Crippen molar-refractivity contribution in [3.8, 4) is 0 Å². The molecule has 0 radical (unpaired) electrons. The molecule has 6 unspecified atom stereocenters. The minimum atomic E-state index is -1.60. The lowest BCUT2D eigenvalue weighted by Gasteiger charge is -2.39. The highest BCUT2D eigenvalue weighted by atomic mass is 16.7. The summed E-state index contributed by atoms with van der Waals surface area (Å²) < 4.78 is 22.1. The maximum Gasteiger partial charge on any atom is 0.306 e. The summed E-state index contributed by atoms with van der Waals surface area (Å²) in [5.41, 5.74) is 0. The van der Waals surface area contributed by atoms with Gasteiger partial charge in [-0.2, -0.15) is 0 Å². The molecule has 1 saturated heterocycles. The molecule has 1 fully saturated rings. The predicted octanol–water partition coefficient (Wildman–Crippen LogP) is 8.33. The molecule has 0 aliphatic carbocycles. The zero-order valence-corrected chi connectivity index (χ0v) is 33.3. The minimum absolute atomic E-state index is 0.196. The second-order valence-corrected chi connectivity index (χ2v) is 14.4. The number of unbranched alkanes of at least 4 members (excludes halogenated alkanes) is 17. The maximum absolute atomic E-state index is 12.7. The second kappa shape index (κ2) is 34.4. The van der Waals surface area contributed by atoms with Crippen molar-refractivity contribution in [3.05, 3.63) is 36.5 Å². The van der Waals surface area contributed by atoms with E-state index in [4.69, 9.17) is 18.9 Å². The summed E-state index contributed by atoms with van der Waals surface area (Å²) in [6.45, 7) is 3.27. The number of aliphatic hydroxyl groups is 4. The standard InChI is InChI=1S/C43H76O10/c1-3-5-7-9-11-13-15-17-18-20-21-23-25-27-29-31-38(45)50-34-36(35-51-43-42(49)41(48)40(47)37(33-44)53-43)52-39(46)32-30-28-26-24-22-19-16-14-12-10-8-6-4-2/h6,8,12,14,19,22,36-37,40-44,47-49H,3-5,7,9-11,13,15-18,20-21,23-35H2,1-2H3/b8-6-,14-12-,22-19-. The van der Waals surface area contributed by atoms with Crippen LogP contribution >= 0.6 is 0 Å². The number of carbonyl (C=O) groups is 2. The van der Waals surface area contributed by atoms with Gasteiger partial charge in [-0.3, -0.25) is 9.59 Å². The Balaban J connectivity index is 2.37. The molecule has 0 spiro atoms. The molecule has 10 nitrogen and oxygen atoms in total. The largest absolute Gasteiger partial charge is 0.462 e. The van der Waals surface area contributed by atoms with Crippen molar-refractivity contribution in [3.63, 3.8) is 0 Å². The van der Waals surface area contributed by atoms with Crippen LogP contribution in [0.4, 0.5) is 0 Å². The van der Waals surface area contributed by atoms with Gasteiger partial charge in [-0.1, -0.05) is 147 Å². The molecule has 10 heteroatoms. The molecule has 6 atom stereocenters. The molecule has 0 aromatic carbocycles. The first-order valence-corrected chi connectivity index (χ1v) is 21.1. The normalized spacial score (nSPS) is 21.2. The molecule has 0 amide bonds. The molecule has 308 valence electrons. The van der Waals surface area contributed by atoms with Gasteiger partial charge in [-0.15, -0.1) is 0 Å². The molecule has 1 heterocycles. The number of ether oxygens (including phenoxy) is 4. The van der Waals surface area contributed by atoms with E-state index in [0.717, 1.165) is 57.8 Å². The molecule has 4 N–H and O–H groups in total. The quantitative estimate of drug-likeness (QED) is 0.0287. The molecule has 0 aromatic heterocycles. The first-order chi connectivity index (χ1) is 25.8. The van der Waals surface area contributed by atoms with Gasteiger partial charge in [0, 0.05) is 12.8 Å².